The minimum absolute atomic E-state index is 0.0305. The monoisotopic (exact) mass is 509 g/mol. The van der Waals surface area contributed by atoms with Gasteiger partial charge in [-0.15, -0.1) is 0 Å². The van der Waals surface area contributed by atoms with Crippen LogP contribution in [0.4, 0.5) is 19.0 Å². The van der Waals surface area contributed by atoms with E-state index in [4.69, 9.17) is 9.15 Å². The maximum atomic E-state index is 13.3. The summed E-state index contributed by atoms with van der Waals surface area (Å²) in [4.78, 5) is 35.4. The second-order valence-corrected chi connectivity index (χ2v) is 8.05. The third-order valence-corrected chi connectivity index (χ3v) is 5.61. The number of aromatic nitrogens is 1. The fourth-order valence-corrected chi connectivity index (χ4v) is 3.82. The molecule has 0 radical (unpaired) electrons. The van der Waals surface area contributed by atoms with Crippen molar-refractivity contribution >= 4 is 24.4 Å². The first-order chi connectivity index (χ1) is 17.7. The van der Waals surface area contributed by atoms with Gasteiger partial charge in [-0.05, 0) is 43.3 Å². The maximum Gasteiger partial charge on any atom is 0.416 e. The molecule has 190 valence electrons. The van der Waals surface area contributed by atoms with Crippen LogP contribution in [0.5, 0.6) is 0 Å². The Kier molecular flexibility index (Phi) is 7.37. The molecule has 1 amide bonds. The SMILES string of the molecule is C=NC1=C(/C=C\C)CCN(c2nc(C(=O)OCc3ccccc3)oc2-c2ccc(C(F)(F)F)cc2)C1=O. The third-order valence-electron chi connectivity index (χ3n) is 5.61. The van der Waals surface area contributed by atoms with E-state index >= 15 is 0 Å². The molecule has 1 aromatic heterocycles. The van der Waals surface area contributed by atoms with E-state index in [0.29, 0.717) is 12.0 Å². The number of alkyl halides is 3. The van der Waals surface area contributed by atoms with Crippen LogP contribution < -0.4 is 4.90 Å². The Hall–Kier alpha value is -4.47. The Morgan fingerprint density at radius 2 is 1.89 bits per heavy atom. The number of hydrogen-bond donors (Lipinski definition) is 0. The van der Waals surface area contributed by atoms with Gasteiger partial charge >= 0.3 is 18.0 Å². The summed E-state index contributed by atoms with van der Waals surface area (Å²) in [7, 11) is 0. The average molecular weight is 509 g/mol. The van der Waals surface area contributed by atoms with Crippen LogP contribution in [0.1, 0.15) is 35.2 Å². The largest absolute Gasteiger partial charge is 0.454 e. The second-order valence-electron chi connectivity index (χ2n) is 8.05. The van der Waals surface area contributed by atoms with Crippen LogP contribution in [0.2, 0.25) is 0 Å². The van der Waals surface area contributed by atoms with Crippen molar-refractivity contribution in [3.05, 3.63) is 95.0 Å². The predicted molar refractivity (Wildman–Crippen MR) is 131 cm³/mol. The lowest BCUT2D eigenvalue weighted by atomic mass is 10.0. The van der Waals surface area contributed by atoms with E-state index in [0.717, 1.165) is 17.7 Å². The number of anilines is 1. The van der Waals surface area contributed by atoms with Gasteiger partial charge in [-0.2, -0.15) is 18.2 Å². The van der Waals surface area contributed by atoms with Crippen LogP contribution in [-0.4, -0.2) is 30.1 Å². The lowest BCUT2D eigenvalue weighted by Crippen LogP contribution is -2.37. The minimum Gasteiger partial charge on any atom is -0.454 e. The fourth-order valence-electron chi connectivity index (χ4n) is 3.82. The summed E-state index contributed by atoms with van der Waals surface area (Å²) in [5, 5.41) is 0. The molecule has 0 bridgehead atoms. The first-order valence-electron chi connectivity index (χ1n) is 11.3. The molecular formula is C27H22F3N3O4. The normalized spacial score (nSPS) is 14.4. The van der Waals surface area contributed by atoms with Crippen LogP contribution in [0, 0.1) is 0 Å². The first-order valence-corrected chi connectivity index (χ1v) is 11.3. The lowest BCUT2D eigenvalue weighted by molar-refractivity contribution is -0.137. The number of nitrogens with zero attached hydrogens (tertiary/aromatic N) is 3. The van der Waals surface area contributed by atoms with Crippen LogP contribution >= 0.6 is 0 Å². The summed E-state index contributed by atoms with van der Waals surface area (Å²) in [5.41, 5.74) is 0.868. The molecule has 10 heteroatoms. The molecule has 0 fully saturated rings. The maximum absolute atomic E-state index is 13.3. The number of ether oxygens (including phenoxy) is 1. The van der Waals surface area contributed by atoms with Crippen LogP contribution in [0.15, 0.2) is 87.4 Å². The molecular weight excluding hydrogens is 487 g/mol. The van der Waals surface area contributed by atoms with E-state index in [-0.39, 0.29) is 36.0 Å². The van der Waals surface area contributed by atoms with Crippen LogP contribution in [-0.2, 0) is 22.3 Å². The number of carbonyl (C=O) groups excluding carboxylic acids is 2. The Bertz CT molecular complexity index is 1370. The Labute approximate surface area is 210 Å². The van der Waals surface area contributed by atoms with Gasteiger partial charge in [-0.3, -0.25) is 14.7 Å². The van der Waals surface area contributed by atoms with Crippen molar-refractivity contribution in [3.8, 4) is 11.3 Å². The van der Waals surface area contributed by atoms with Gasteiger partial charge in [0.05, 0.1) is 5.56 Å². The molecule has 4 rings (SSSR count). The molecule has 7 nitrogen and oxygen atoms in total. The average Bonchev–Trinajstić information content (AvgIpc) is 3.33. The van der Waals surface area contributed by atoms with Gasteiger partial charge in [-0.25, -0.2) is 4.79 Å². The zero-order valence-electron chi connectivity index (χ0n) is 19.8. The van der Waals surface area contributed by atoms with E-state index in [1.807, 2.05) is 6.07 Å². The van der Waals surface area contributed by atoms with Gasteiger partial charge in [0.1, 0.15) is 12.3 Å². The summed E-state index contributed by atoms with van der Waals surface area (Å²) in [6.45, 7) is 5.42. The number of aliphatic imine (C=N–C) groups is 1. The van der Waals surface area contributed by atoms with Crippen molar-refractivity contribution < 1.29 is 31.9 Å². The molecule has 0 saturated carbocycles. The number of carbonyl (C=O) groups is 2. The summed E-state index contributed by atoms with van der Waals surface area (Å²) < 4.78 is 50.2. The number of rotatable bonds is 7. The third kappa shape index (κ3) is 5.53. The Morgan fingerprint density at radius 3 is 2.51 bits per heavy atom. The molecule has 0 aliphatic carbocycles. The molecule has 0 N–H and O–H groups in total. The second kappa shape index (κ2) is 10.7. The van der Waals surface area contributed by atoms with Crippen molar-refractivity contribution in [2.45, 2.75) is 26.1 Å². The first kappa shape index (κ1) is 25.6. The van der Waals surface area contributed by atoms with Crippen molar-refractivity contribution in [1.29, 1.82) is 0 Å². The number of esters is 1. The predicted octanol–water partition coefficient (Wildman–Crippen LogP) is 5.98. The number of halogens is 3. The Balaban J connectivity index is 1.72. The van der Waals surface area contributed by atoms with Crippen molar-refractivity contribution in [1.82, 2.24) is 4.98 Å². The zero-order chi connectivity index (χ0) is 26.6. The van der Waals surface area contributed by atoms with E-state index in [2.05, 4.69) is 16.7 Å². The molecule has 2 aromatic carbocycles. The van der Waals surface area contributed by atoms with Gasteiger partial charge in [0.15, 0.2) is 11.6 Å². The number of oxazole rings is 1. The van der Waals surface area contributed by atoms with Gasteiger partial charge < -0.3 is 9.15 Å². The molecule has 0 unspecified atom stereocenters. The standard InChI is InChI=1S/C27H22F3N3O4/c1-3-7-18-14-15-33(25(34)21(18)31-2)23-22(19-10-12-20(13-11-19)27(28,29)30)37-24(32-23)26(35)36-16-17-8-5-4-6-9-17/h3-13H,2,14-16H2,1H3/b7-3-. The van der Waals surface area contributed by atoms with Gasteiger partial charge in [0.25, 0.3) is 5.91 Å². The summed E-state index contributed by atoms with van der Waals surface area (Å²) in [6.07, 6.45) is -0.590. The van der Waals surface area contributed by atoms with Gasteiger partial charge in [-0.1, -0.05) is 54.6 Å². The topological polar surface area (TPSA) is 85.0 Å². The molecule has 1 aliphatic heterocycles. The molecule has 3 aromatic rings. The van der Waals surface area contributed by atoms with E-state index in [9.17, 15) is 22.8 Å². The van der Waals surface area contributed by atoms with E-state index in [1.54, 1.807) is 43.3 Å². The highest BCUT2D eigenvalue weighted by atomic mass is 19.4. The van der Waals surface area contributed by atoms with Gasteiger partial charge in [0, 0.05) is 12.1 Å². The number of hydrogen-bond acceptors (Lipinski definition) is 6. The quantitative estimate of drug-likeness (QED) is 0.289. The molecule has 0 spiro atoms. The highest BCUT2D eigenvalue weighted by Gasteiger charge is 2.34. The minimum atomic E-state index is -4.53. The van der Waals surface area contributed by atoms with E-state index in [1.165, 1.54) is 17.0 Å². The molecule has 37 heavy (non-hydrogen) atoms. The fraction of sp³-hybridized carbons (Fsp3) is 0.185. The van der Waals surface area contributed by atoms with Gasteiger partial charge in [0.2, 0.25) is 0 Å². The summed E-state index contributed by atoms with van der Waals surface area (Å²) in [5.74, 6) is -1.94. The highest BCUT2D eigenvalue weighted by molar-refractivity contribution is 6.08. The number of allylic oxidation sites excluding steroid dienone is 2. The van der Waals surface area contributed by atoms with Crippen LogP contribution in [0.25, 0.3) is 11.3 Å². The summed E-state index contributed by atoms with van der Waals surface area (Å²) >= 11 is 0. The Morgan fingerprint density at radius 1 is 1.19 bits per heavy atom. The smallest absolute Gasteiger partial charge is 0.416 e. The van der Waals surface area contributed by atoms with Crippen molar-refractivity contribution in [3.63, 3.8) is 0 Å². The molecule has 0 saturated heterocycles. The lowest BCUT2D eigenvalue weighted by Gasteiger charge is -2.26. The number of amides is 1. The number of benzene rings is 2. The summed E-state index contributed by atoms with van der Waals surface area (Å²) in [6, 6.07) is 13.1. The zero-order valence-corrected chi connectivity index (χ0v) is 19.8. The molecule has 2 heterocycles. The molecule has 0 atom stereocenters. The van der Waals surface area contributed by atoms with E-state index < -0.39 is 29.5 Å². The highest BCUT2D eigenvalue weighted by Crippen LogP contribution is 2.37. The van der Waals surface area contributed by atoms with Crippen molar-refractivity contribution in [2.24, 2.45) is 4.99 Å². The van der Waals surface area contributed by atoms with Crippen molar-refractivity contribution in [2.75, 3.05) is 11.4 Å². The van der Waals surface area contributed by atoms with Crippen LogP contribution in [0.3, 0.4) is 0 Å². The molecule has 1 aliphatic rings.